The molecule has 3 nitrogen and oxygen atoms in total. The van der Waals surface area contributed by atoms with E-state index in [9.17, 15) is 18.3 Å². The first kappa shape index (κ1) is 12.1. The molecule has 0 unspecified atom stereocenters. The maximum atomic E-state index is 12.4. The molecule has 1 aromatic rings. The number of thiophene rings is 1. The molecule has 2 heterocycles. The summed E-state index contributed by atoms with van der Waals surface area (Å²) in [6.07, 6.45) is -2.21. The Labute approximate surface area is 99.3 Å². The Morgan fingerprint density at radius 2 is 2.24 bits per heavy atom. The molecule has 1 aliphatic heterocycles. The first-order chi connectivity index (χ1) is 7.91. The maximum Gasteiger partial charge on any atom is 0.438 e. The smallest absolute Gasteiger partial charge is 0.362 e. The van der Waals surface area contributed by atoms with Crippen molar-refractivity contribution < 1.29 is 18.3 Å². The van der Waals surface area contributed by atoms with E-state index in [-0.39, 0.29) is 5.71 Å². The van der Waals surface area contributed by atoms with Gasteiger partial charge in [0.1, 0.15) is 0 Å². The molecule has 92 valence electrons. The predicted octanol–water partition coefficient (Wildman–Crippen LogP) is 2.36. The van der Waals surface area contributed by atoms with Crippen molar-refractivity contribution in [2.24, 2.45) is 5.10 Å². The van der Waals surface area contributed by atoms with Crippen LogP contribution in [0.25, 0.3) is 6.08 Å². The summed E-state index contributed by atoms with van der Waals surface area (Å²) in [5, 5.41) is 14.6. The maximum absolute atomic E-state index is 12.4. The molecular formula is C10H9F3N2OS. The zero-order chi connectivity index (χ0) is 12.5. The normalized spacial score (nSPS) is 25.1. The van der Waals surface area contributed by atoms with E-state index in [0.717, 1.165) is 4.88 Å². The van der Waals surface area contributed by atoms with Gasteiger partial charge >= 0.3 is 6.18 Å². The molecule has 17 heavy (non-hydrogen) atoms. The molecule has 7 heteroatoms. The number of alkyl halides is 3. The fraction of sp³-hybridized carbons (Fsp3) is 0.300. The molecule has 0 amide bonds. The minimum Gasteiger partial charge on any atom is -0.362 e. The summed E-state index contributed by atoms with van der Waals surface area (Å²) in [5.41, 5.74) is -1.05. The van der Waals surface area contributed by atoms with Crippen LogP contribution in [-0.4, -0.2) is 22.7 Å². The van der Waals surface area contributed by atoms with E-state index in [1.54, 1.807) is 11.5 Å². The van der Waals surface area contributed by atoms with Crippen LogP contribution < -0.4 is 5.43 Å². The minimum absolute atomic E-state index is 0.165. The zero-order valence-corrected chi connectivity index (χ0v) is 9.35. The number of nitrogens with one attached hydrogen (secondary N) is 1. The lowest BCUT2D eigenvalue weighted by Crippen LogP contribution is -2.52. The lowest BCUT2D eigenvalue weighted by Gasteiger charge is -2.24. The molecule has 2 rings (SSSR count). The average molecular weight is 262 g/mol. The highest BCUT2D eigenvalue weighted by Crippen LogP contribution is 2.34. The first-order valence-corrected chi connectivity index (χ1v) is 5.63. The number of aliphatic hydroxyl groups is 1. The second-order valence-electron chi connectivity index (χ2n) is 3.60. The van der Waals surface area contributed by atoms with Crippen LogP contribution in [0.4, 0.5) is 13.2 Å². The lowest BCUT2D eigenvalue weighted by molar-refractivity contribution is -0.266. The van der Waals surface area contributed by atoms with E-state index in [1.807, 2.05) is 17.5 Å². The van der Waals surface area contributed by atoms with Crippen LogP contribution >= 0.6 is 11.3 Å². The average Bonchev–Trinajstić information content (AvgIpc) is 2.83. The van der Waals surface area contributed by atoms with Crippen molar-refractivity contribution in [1.29, 1.82) is 0 Å². The van der Waals surface area contributed by atoms with Gasteiger partial charge in [-0.1, -0.05) is 6.07 Å². The first-order valence-electron chi connectivity index (χ1n) is 4.75. The Kier molecular flexibility index (Phi) is 2.96. The van der Waals surface area contributed by atoms with Crippen LogP contribution in [0.1, 0.15) is 11.3 Å². The largest absolute Gasteiger partial charge is 0.438 e. The standard InChI is InChI=1S/C10H9F3N2OS/c11-10(12,13)9(16)6-7(14-15-9)3-4-8-2-1-5-17-8/h1-5,15-16H,6H2/b4-3+/t9-/m1/s1. The Bertz CT molecular complexity index is 453. The number of halogens is 3. The van der Waals surface area contributed by atoms with E-state index in [0.29, 0.717) is 0 Å². The SMILES string of the molecule is O[C@@]1(C(F)(F)F)CC(/C=C/c2cccs2)=NN1. The molecule has 0 saturated carbocycles. The van der Waals surface area contributed by atoms with Crippen LogP contribution in [0.15, 0.2) is 28.7 Å². The van der Waals surface area contributed by atoms with Gasteiger partial charge in [-0.25, -0.2) is 0 Å². The summed E-state index contributed by atoms with van der Waals surface area (Å²) in [6.45, 7) is 0. The summed E-state index contributed by atoms with van der Waals surface area (Å²) in [4.78, 5) is 0.912. The van der Waals surface area contributed by atoms with Gasteiger partial charge in [0, 0.05) is 4.88 Å². The van der Waals surface area contributed by atoms with Gasteiger partial charge in [-0.15, -0.1) is 11.3 Å². The third-order valence-corrected chi connectivity index (χ3v) is 3.11. The molecular weight excluding hydrogens is 253 g/mol. The van der Waals surface area contributed by atoms with Crippen molar-refractivity contribution in [3.8, 4) is 0 Å². The summed E-state index contributed by atoms with van der Waals surface area (Å²) in [5.74, 6) is 0. The van der Waals surface area contributed by atoms with Crippen LogP contribution in [0.5, 0.6) is 0 Å². The molecule has 0 aliphatic carbocycles. The van der Waals surface area contributed by atoms with Gasteiger partial charge in [-0.3, -0.25) is 5.43 Å². The molecule has 1 aromatic heterocycles. The van der Waals surface area contributed by atoms with E-state index in [4.69, 9.17) is 0 Å². The number of hydrogen-bond donors (Lipinski definition) is 2. The highest BCUT2D eigenvalue weighted by atomic mass is 32.1. The Morgan fingerprint density at radius 3 is 2.76 bits per heavy atom. The topological polar surface area (TPSA) is 44.6 Å². The van der Waals surface area contributed by atoms with Gasteiger partial charge in [0.25, 0.3) is 5.72 Å². The molecule has 1 aliphatic rings. The molecule has 0 radical (unpaired) electrons. The van der Waals surface area contributed by atoms with Crippen molar-refractivity contribution in [1.82, 2.24) is 5.43 Å². The fourth-order valence-electron chi connectivity index (χ4n) is 1.33. The van der Waals surface area contributed by atoms with Crippen molar-refractivity contribution in [3.63, 3.8) is 0 Å². The van der Waals surface area contributed by atoms with Gasteiger partial charge < -0.3 is 5.11 Å². The van der Waals surface area contributed by atoms with Crippen LogP contribution in [0.3, 0.4) is 0 Å². The highest BCUT2D eigenvalue weighted by Gasteiger charge is 2.56. The number of allylic oxidation sites excluding steroid dienone is 1. The number of hydrazone groups is 1. The second kappa shape index (κ2) is 4.15. The van der Waals surface area contributed by atoms with Gasteiger partial charge in [-0.2, -0.15) is 18.3 Å². The van der Waals surface area contributed by atoms with Crippen molar-refractivity contribution in [2.45, 2.75) is 18.3 Å². The van der Waals surface area contributed by atoms with Crippen molar-refractivity contribution in [2.75, 3.05) is 0 Å². The molecule has 2 N–H and O–H groups in total. The van der Waals surface area contributed by atoms with E-state index < -0.39 is 18.3 Å². The summed E-state index contributed by atoms with van der Waals surface area (Å²) in [7, 11) is 0. The second-order valence-corrected chi connectivity index (χ2v) is 4.58. The van der Waals surface area contributed by atoms with Gasteiger partial charge in [-0.05, 0) is 23.6 Å². The molecule has 0 bridgehead atoms. The van der Waals surface area contributed by atoms with Crippen molar-refractivity contribution >= 4 is 23.1 Å². The third kappa shape index (κ3) is 2.50. The van der Waals surface area contributed by atoms with Gasteiger partial charge in [0.2, 0.25) is 0 Å². The molecule has 1 atom stereocenters. The van der Waals surface area contributed by atoms with E-state index in [1.165, 1.54) is 17.4 Å². The number of rotatable bonds is 2. The lowest BCUT2D eigenvalue weighted by atomic mass is 10.1. The van der Waals surface area contributed by atoms with E-state index in [2.05, 4.69) is 5.10 Å². The minimum atomic E-state index is -4.74. The zero-order valence-electron chi connectivity index (χ0n) is 8.53. The number of hydrogen-bond acceptors (Lipinski definition) is 4. The summed E-state index contributed by atoms with van der Waals surface area (Å²) < 4.78 is 37.3. The Morgan fingerprint density at radius 1 is 1.47 bits per heavy atom. The summed E-state index contributed by atoms with van der Waals surface area (Å²) >= 11 is 1.46. The highest BCUT2D eigenvalue weighted by molar-refractivity contribution is 7.10. The molecule has 0 saturated heterocycles. The monoisotopic (exact) mass is 262 g/mol. The van der Waals surface area contributed by atoms with Crippen LogP contribution in [-0.2, 0) is 0 Å². The molecule has 0 spiro atoms. The number of nitrogens with zero attached hydrogens (tertiary/aromatic N) is 1. The van der Waals surface area contributed by atoms with Crippen LogP contribution in [0.2, 0.25) is 0 Å². The van der Waals surface area contributed by atoms with Crippen molar-refractivity contribution in [3.05, 3.63) is 28.5 Å². The Hall–Kier alpha value is -1.34. The van der Waals surface area contributed by atoms with Gasteiger partial charge in [0.15, 0.2) is 0 Å². The third-order valence-electron chi connectivity index (χ3n) is 2.27. The summed E-state index contributed by atoms with van der Waals surface area (Å²) in [6, 6.07) is 3.67. The van der Waals surface area contributed by atoms with Crippen LogP contribution in [0, 0.1) is 0 Å². The fourth-order valence-corrected chi connectivity index (χ4v) is 1.95. The van der Waals surface area contributed by atoms with E-state index >= 15 is 0 Å². The quantitative estimate of drug-likeness (QED) is 0.859. The molecule has 0 fully saturated rings. The van der Waals surface area contributed by atoms with Gasteiger partial charge in [0.05, 0.1) is 12.1 Å². The Balaban J connectivity index is 2.03. The predicted molar refractivity (Wildman–Crippen MR) is 59.5 cm³/mol. The molecule has 0 aromatic carbocycles.